The summed E-state index contributed by atoms with van der Waals surface area (Å²) in [6.45, 7) is 3.22. The summed E-state index contributed by atoms with van der Waals surface area (Å²) >= 11 is 0. The van der Waals surface area contributed by atoms with Crippen LogP contribution in [-0.2, 0) is 9.53 Å². The third kappa shape index (κ3) is 6.12. The molecule has 5 nitrogen and oxygen atoms in total. The summed E-state index contributed by atoms with van der Waals surface area (Å²) in [5.41, 5.74) is 0.851. The highest BCUT2D eigenvalue weighted by atomic mass is 19.4. The Bertz CT molecular complexity index is 590. The van der Waals surface area contributed by atoms with Gasteiger partial charge in [-0.2, -0.15) is 13.2 Å². The first-order chi connectivity index (χ1) is 11.8. The van der Waals surface area contributed by atoms with Crippen LogP contribution >= 0.6 is 0 Å². The standard InChI is InChI=1S/C17H22F3NO4/c1-11(2)16(21-15(22)5-6-23-10-17(18,19)20)12-3-4-13-14(9-12)25-8-7-24-13/h3-4,9,11,16H,5-8,10H2,1-2H3,(H,21,22). The molecule has 1 atom stereocenters. The van der Waals surface area contributed by atoms with Crippen molar-refractivity contribution in [3.63, 3.8) is 0 Å². The molecule has 1 N–H and O–H groups in total. The number of carbonyl (C=O) groups excluding carboxylic acids is 1. The number of fused-ring (bicyclic) bond motifs is 1. The van der Waals surface area contributed by atoms with Gasteiger partial charge < -0.3 is 19.5 Å². The van der Waals surface area contributed by atoms with Crippen molar-refractivity contribution in [3.05, 3.63) is 23.8 Å². The normalized spacial score (nSPS) is 15.1. The minimum absolute atomic E-state index is 0.0857. The fraction of sp³-hybridized carbons (Fsp3) is 0.588. The Kier molecular flexibility index (Phi) is 6.52. The molecule has 8 heteroatoms. The summed E-state index contributed by atoms with van der Waals surface area (Å²) in [6, 6.07) is 5.17. The molecule has 1 aromatic rings. The Hall–Kier alpha value is -1.96. The van der Waals surface area contributed by atoms with Crippen molar-refractivity contribution >= 4 is 5.91 Å². The van der Waals surface area contributed by atoms with Crippen molar-refractivity contribution in [2.24, 2.45) is 5.92 Å². The lowest BCUT2D eigenvalue weighted by Gasteiger charge is -2.25. The van der Waals surface area contributed by atoms with Gasteiger partial charge in [0.05, 0.1) is 12.6 Å². The van der Waals surface area contributed by atoms with Crippen molar-refractivity contribution in [1.82, 2.24) is 5.32 Å². The van der Waals surface area contributed by atoms with E-state index in [0.29, 0.717) is 24.7 Å². The highest BCUT2D eigenvalue weighted by molar-refractivity contribution is 5.76. The summed E-state index contributed by atoms with van der Waals surface area (Å²) < 4.78 is 51.5. The predicted molar refractivity (Wildman–Crippen MR) is 84.6 cm³/mol. The Balaban J connectivity index is 1.93. The first kappa shape index (κ1) is 19.4. The lowest BCUT2D eigenvalue weighted by molar-refractivity contribution is -0.174. The van der Waals surface area contributed by atoms with Crippen LogP contribution in [0.3, 0.4) is 0 Å². The Labute approximate surface area is 144 Å². The zero-order chi connectivity index (χ0) is 18.4. The molecular formula is C17H22F3NO4. The van der Waals surface area contributed by atoms with Crippen molar-refractivity contribution < 1.29 is 32.2 Å². The molecule has 0 aliphatic carbocycles. The van der Waals surface area contributed by atoms with Gasteiger partial charge in [-0.05, 0) is 23.6 Å². The zero-order valence-corrected chi connectivity index (χ0v) is 14.2. The number of carbonyl (C=O) groups is 1. The van der Waals surface area contributed by atoms with E-state index in [1.54, 1.807) is 6.07 Å². The Morgan fingerprint density at radius 2 is 1.92 bits per heavy atom. The molecule has 140 valence electrons. The third-order valence-corrected chi connectivity index (χ3v) is 3.65. The second-order valence-corrected chi connectivity index (χ2v) is 6.11. The fourth-order valence-electron chi connectivity index (χ4n) is 2.49. The summed E-state index contributed by atoms with van der Waals surface area (Å²) in [4.78, 5) is 12.0. The maximum absolute atomic E-state index is 12.0. The average Bonchev–Trinajstić information content (AvgIpc) is 2.55. The molecule has 1 aliphatic rings. The molecule has 2 rings (SSSR count). The molecule has 1 aliphatic heterocycles. The van der Waals surface area contributed by atoms with Crippen LogP contribution in [0.2, 0.25) is 0 Å². The molecule has 1 amide bonds. The Morgan fingerprint density at radius 3 is 2.56 bits per heavy atom. The van der Waals surface area contributed by atoms with Crippen LogP contribution in [0.25, 0.3) is 0 Å². The van der Waals surface area contributed by atoms with Crippen LogP contribution in [0.4, 0.5) is 13.2 Å². The molecule has 0 bridgehead atoms. The van der Waals surface area contributed by atoms with Crippen LogP contribution in [0.1, 0.15) is 31.9 Å². The smallest absolute Gasteiger partial charge is 0.411 e. The van der Waals surface area contributed by atoms with E-state index in [0.717, 1.165) is 5.56 Å². The summed E-state index contributed by atoms with van der Waals surface area (Å²) in [7, 11) is 0. The van der Waals surface area contributed by atoms with Crippen LogP contribution < -0.4 is 14.8 Å². The van der Waals surface area contributed by atoms with Gasteiger partial charge in [0.15, 0.2) is 11.5 Å². The highest BCUT2D eigenvalue weighted by Crippen LogP contribution is 2.34. The summed E-state index contributed by atoms with van der Waals surface area (Å²) in [5, 5.41) is 2.84. The van der Waals surface area contributed by atoms with Gasteiger partial charge >= 0.3 is 6.18 Å². The SMILES string of the molecule is CC(C)C(NC(=O)CCOCC(F)(F)F)c1ccc2c(c1)OCCO2. The monoisotopic (exact) mass is 361 g/mol. The average molecular weight is 361 g/mol. The van der Waals surface area contributed by atoms with E-state index in [4.69, 9.17) is 9.47 Å². The van der Waals surface area contributed by atoms with Crippen molar-refractivity contribution in [1.29, 1.82) is 0 Å². The first-order valence-electron chi connectivity index (χ1n) is 8.09. The summed E-state index contributed by atoms with van der Waals surface area (Å²) in [5.74, 6) is 1.000. The molecular weight excluding hydrogens is 339 g/mol. The predicted octanol–water partition coefficient (Wildman–Crippen LogP) is 3.24. The quantitative estimate of drug-likeness (QED) is 0.758. The van der Waals surface area contributed by atoms with Crippen LogP contribution in [0.5, 0.6) is 11.5 Å². The van der Waals surface area contributed by atoms with E-state index in [2.05, 4.69) is 10.1 Å². The minimum atomic E-state index is -4.39. The zero-order valence-electron chi connectivity index (χ0n) is 14.2. The number of benzene rings is 1. The largest absolute Gasteiger partial charge is 0.486 e. The topological polar surface area (TPSA) is 56.8 Å². The van der Waals surface area contributed by atoms with E-state index >= 15 is 0 Å². The van der Waals surface area contributed by atoms with Gasteiger partial charge in [-0.1, -0.05) is 19.9 Å². The van der Waals surface area contributed by atoms with Gasteiger partial charge in [0.1, 0.15) is 19.8 Å². The van der Waals surface area contributed by atoms with E-state index < -0.39 is 12.8 Å². The molecule has 0 radical (unpaired) electrons. The lowest BCUT2D eigenvalue weighted by Crippen LogP contribution is -2.32. The lowest BCUT2D eigenvalue weighted by atomic mass is 9.95. The van der Waals surface area contributed by atoms with Gasteiger partial charge in [-0.3, -0.25) is 4.79 Å². The van der Waals surface area contributed by atoms with Gasteiger partial charge in [0, 0.05) is 6.42 Å². The fourth-order valence-corrected chi connectivity index (χ4v) is 2.49. The van der Waals surface area contributed by atoms with Gasteiger partial charge in [-0.25, -0.2) is 0 Å². The molecule has 25 heavy (non-hydrogen) atoms. The molecule has 0 aromatic heterocycles. The van der Waals surface area contributed by atoms with Crippen molar-refractivity contribution in [3.8, 4) is 11.5 Å². The number of hydrogen-bond donors (Lipinski definition) is 1. The summed E-state index contributed by atoms with van der Waals surface area (Å²) in [6.07, 6.45) is -4.52. The maximum Gasteiger partial charge on any atom is 0.411 e. The number of amides is 1. The van der Waals surface area contributed by atoms with Crippen LogP contribution in [0.15, 0.2) is 18.2 Å². The minimum Gasteiger partial charge on any atom is -0.486 e. The molecule has 0 fully saturated rings. The van der Waals surface area contributed by atoms with Crippen molar-refractivity contribution in [2.45, 2.75) is 32.5 Å². The number of rotatable bonds is 7. The van der Waals surface area contributed by atoms with Gasteiger partial charge in [0.2, 0.25) is 5.91 Å². The number of ether oxygens (including phenoxy) is 3. The first-order valence-corrected chi connectivity index (χ1v) is 8.09. The number of halogens is 3. The third-order valence-electron chi connectivity index (χ3n) is 3.65. The van der Waals surface area contributed by atoms with E-state index in [-0.39, 0.29) is 30.9 Å². The second kappa shape index (κ2) is 8.42. The Morgan fingerprint density at radius 1 is 1.24 bits per heavy atom. The van der Waals surface area contributed by atoms with E-state index in [1.807, 2.05) is 26.0 Å². The molecule has 1 aromatic carbocycles. The second-order valence-electron chi connectivity index (χ2n) is 6.11. The molecule has 0 spiro atoms. The number of alkyl halides is 3. The van der Waals surface area contributed by atoms with Gasteiger partial charge in [0.25, 0.3) is 0 Å². The highest BCUT2D eigenvalue weighted by Gasteiger charge is 2.27. The van der Waals surface area contributed by atoms with Crippen LogP contribution in [0, 0.1) is 5.92 Å². The van der Waals surface area contributed by atoms with E-state index in [9.17, 15) is 18.0 Å². The maximum atomic E-state index is 12.0. The molecule has 0 saturated carbocycles. The number of hydrogen-bond acceptors (Lipinski definition) is 4. The van der Waals surface area contributed by atoms with Crippen LogP contribution in [-0.4, -0.2) is 38.5 Å². The van der Waals surface area contributed by atoms with Crippen molar-refractivity contribution in [2.75, 3.05) is 26.4 Å². The van der Waals surface area contributed by atoms with Gasteiger partial charge in [-0.15, -0.1) is 0 Å². The number of nitrogens with one attached hydrogen (secondary N) is 1. The van der Waals surface area contributed by atoms with E-state index in [1.165, 1.54) is 0 Å². The molecule has 1 unspecified atom stereocenters. The molecule has 0 saturated heterocycles. The molecule has 1 heterocycles.